The molecule has 1 fully saturated rings. The smallest absolute Gasteiger partial charge is 0.337 e. The molecule has 0 bridgehead atoms. The van der Waals surface area contributed by atoms with Gasteiger partial charge in [-0.05, 0) is 25.5 Å². The molecule has 7 nitrogen and oxygen atoms in total. The Kier molecular flexibility index (Phi) is 5.38. The summed E-state index contributed by atoms with van der Waals surface area (Å²) in [6.07, 6.45) is 3.15. The van der Waals surface area contributed by atoms with Gasteiger partial charge in [-0.1, -0.05) is 13.8 Å². The van der Waals surface area contributed by atoms with Crippen LogP contribution >= 0.6 is 0 Å². The lowest BCUT2D eigenvalue weighted by Crippen LogP contribution is -2.54. The summed E-state index contributed by atoms with van der Waals surface area (Å²) in [4.78, 5) is 17.0. The zero-order chi connectivity index (χ0) is 17.2. The van der Waals surface area contributed by atoms with E-state index in [2.05, 4.69) is 9.88 Å². The number of rotatable bonds is 5. The van der Waals surface area contributed by atoms with Crippen molar-refractivity contribution in [2.75, 3.05) is 26.7 Å². The quantitative estimate of drug-likeness (QED) is 0.863. The molecule has 2 rings (SSSR count). The first-order chi connectivity index (χ1) is 10.7. The van der Waals surface area contributed by atoms with Crippen LogP contribution in [0.3, 0.4) is 0 Å². The van der Waals surface area contributed by atoms with Crippen molar-refractivity contribution in [3.63, 3.8) is 0 Å². The number of carboxylic acid groups (broad SMARTS) is 1. The highest BCUT2D eigenvalue weighted by molar-refractivity contribution is 7.89. The minimum absolute atomic E-state index is 0.166. The van der Waals surface area contributed by atoms with Crippen molar-refractivity contribution in [2.24, 2.45) is 5.92 Å². The molecule has 0 amide bonds. The Labute approximate surface area is 137 Å². The fraction of sp³-hybridized carbons (Fsp3) is 0.600. The molecular formula is C15H23N3O4S. The molecule has 0 saturated carbocycles. The van der Waals surface area contributed by atoms with Crippen LogP contribution in [0.2, 0.25) is 0 Å². The number of carboxylic acids is 1. The molecule has 2 heterocycles. The first-order valence-corrected chi connectivity index (χ1v) is 9.05. The summed E-state index contributed by atoms with van der Waals surface area (Å²) in [6.45, 7) is 5.71. The van der Waals surface area contributed by atoms with Gasteiger partial charge in [0.15, 0.2) is 0 Å². The van der Waals surface area contributed by atoms with Gasteiger partial charge in [0.25, 0.3) is 0 Å². The maximum atomic E-state index is 13.0. The summed E-state index contributed by atoms with van der Waals surface area (Å²) < 4.78 is 27.5. The molecule has 128 valence electrons. The highest BCUT2D eigenvalue weighted by Crippen LogP contribution is 2.26. The van der Waals surface area contributed by atoms with E-state index in [1.165, 1.54) is 16.6 Å². The van der Waals surface area contributed by atoms with Gasteiger partial charge in [0.1, 0.15) is 4.90 Å². The van der Waals surface area contributed by atoms with E-state index in [1.807, 2.05) is 20.9 Å². The molecule has 0 spiro atoms. The lowest BCUT2D eigenvalue weighted by atomic mass is 10.0. The number of piperazine rings is 1. The highest BCUT2D eigenvalue weighted by atomic mass is 32.2. The number of sulfonamides is 1. The van der Waals surface area contributed by atoms with Crippen LogP contribution in [0.25, 0.3) is 0 Å². The molecule has 1 unspecified atom stereocenters. The molecule has 1 aromatic heterocycles. The highest BCUT2D eigenvalue weighted by Gasteiger charge is 2.37. The number of pyridine rings is 1. The molecule has 1 N–H and O–H groups in total. The van der Waals surface area contributed by atoms with E-state index in [1.54, 1.807) is 0 Å². The van der Waals surface area contributed by atoms with Crippen LogP contribution in [0.5, 0.6) is 0 Å². The molecule has 0 radical (unpaired) electrons. The third-order valence-corrected chi connectivity index (χ3v) is 5.96. The van der Waals surface area contributed by atoms with Crippen molar-refractivity contribution in [1.29, 1.82) is 0 Å². The van der Waals surface area contributed by atoms with E-state index < -0.39 is 16.0 Å². The first kappa shape index (κ1) is 17.8. The molecule has 1 aromatic rings. The molecular weight excluding hydrogens is 318 g/mol. The molecule has 0 aliphatic carbocycles. The molecule has 8 heteroatoms. The van der Waals surface area contributed by atoms with Gasteiger partial charge in [0.05, 0.1) is 5.56 Å². The molecule has 1 atom stereocenters. The third kappa shape index (κ3) is 3.88. The summed E-state index contributed by atoms with van der Waals surface area (Å²) in [5.41, 5.74) is -0.234. The zero-order valence-corrected chi connectivity index (χ0v) is 14.5. The lowest BCUT2D eigenvalue weighted by molar-refractivity contribution is 0.0691. The van der Waals surface area contributed by atoms with Crippen molar-refractivity contribution >= 4 is 16.0 Å². The van der Waals surface area contributed by atoms with E-state index in [4.69, 9.17) is 0 Å². The Balaban J connectivity index is 2.43. The number of hydrogen-bond acceptors (Lipinski definition) is 5. The van der Waals surface area contributed by atoms with Crippen LogP contribution in [-0.2, 0) is 10.0 Å². The Morgan fingerprint density at radius 2 is 2.13 bits per heavy atom. The van der Waals surface area contributed by atoms with Crippen molar-refractivity contribution in [3.05, 3.63) is 24.0 Å². The number of hydrogen-bond donors (Lipinski definition) is 1. The summed E-state index contributed by atoms with van der Waals surface area (Å²) in [6, 6.07) is 1.06. The second-order valence-corrected chi connectivity index (χ2v) is 8.20. The Bertz CT molecular complexity index is 673. The fourth-order valence-electron chi connectivity index (χ4n) is 2.94. The number of carbonyl (C=O) groups is 1. The average Bonchev–Trinajstić information content (AvgIpc) is 2.46. The van der Waals surface area contributed by atoms with Gasteiger partial charge in [0, 0.05) is 38.1 Å². The van der Waals surface area contributed by atoms with Gasteiger partial charge in [-0.15, -0.1) is 0 Å². The van der Waals surface area contributed by atoms with E-state index in [-0.39, 0.29) is 16.5 Å². The van der Waals surface area contributed by atoms with E-state index in [0.717, 1.165) is 12.6 Å². The summed E-state index contributed by atoms with van der Waals surface area (Å²) in [5, 5.41) is 9.26. The van der Waals surface area contributed by atoms with Crippen LogP contribution in [0.15, 0.2) is 23.4 Å². The summed E-state index contributed by atoms with van der Waals surface area (Å²) >= 11 is 0. The SMILES string of the molecule is CC(C)CC1CN(C)CCN1S(=O)(=O)c1cnccc1C(=O)O. The molecule has 1 aliphatic heterocycles. The number of likely N-dealkylation sites (N-methyl/N-ethyl adjacent to an activating group) is 1. The third-order valence-electron chi connectivity index (χ3n) is 3.98. The predicted octanol–water partition coefficient (Wildman–Crippen LogP) is 1.13. The standard InChI is InChI=1S/C15H23N3O4S/c1-11(2)8-12-10-17(3)6-7-18(12)23(21,22)14-9-16-5-4-13(14)15(19)20/h4-5,9,11-12H,6-8,10H2,1-3H3,(H,19,20). The number of nitrogens with zero attached hydrogens (tertiary/aromatic N) is 3. The second-order valence-electron chi connectivity index (χ2n) is 6.34. The van der Waals surface area contributed by atoms with Crippen molar-refractivity contribution in [1.82, 2.24) is 14.2 Å². The largest absolute Gasteiger partial charge is 0.478 e. The molecule has 1 saturated heterocycles. The van der Waals surface area contributed by atoms with E-state index >= 15 is 0 Å². The summed E-state index contributed by atoms with van der Waals surface area (Å²) in [5.74, 6) is -0.919. The molecule has 1 aliphatic rings. The van der Waals surface area contributed by atoms with Crippen molar-refractivity contribution in [3.8, 4) is 0 Å². The minimum Gasteiger partial charge on any atom is -0.478 e. The van der Waals surface area contributed by atoms with Gasteiger partial charge < -0.3 is 10.0 Å². The van der Waals surface area contributed by atoms with Crippen LogP contribution in [0.4, 0.5) is 0 Å². The van der Waals surface area contributed by atoms with Gasteiger partial charge in [-0.2, -0.15) is 4.31 Å². The first-order valence-electron chi connectivity index (χ1n) is 7.61. The Hall–Kier alpha value is -1.51. The minimum atomic E-state index is -3.89. The van der Waals surface area contributed by atoms with Crippen molar-refractivity contribution in [2.45, 2.75) is 31.2 Å². The number of aromatic nitrogens is 1. The van der Waals surface area contributed by atoms with Gasteiger partial charge in [-0.3, -0.25) is 4.98 Å². The van der Waals surface area contributed by atoms with Crippen LogP contribution in [0.1, 0.15) is 30.6 Å². The Morgan fingerprint density at radius 3 is 2.74 bits per heavy atom. The lowest BCUT2D eigenvalue weighted by Gasteiger charge is -2.39. The van der Waals surface area contributed by atoms with Crippen LogP contribution < -0.4 is 0 Å². The van der Waals surface area contributed by atoms with Crippen molar-refractivity contribution < 1.29 is 18.3 Å². The normalized spacial score (nSPS) is 20.8. The monoisotopic (exact) mass is 341 g/mol. The van der Waals surface area contributed by atoms with Gasteiger partial charge in [-0.25, -0.2) is 13.2 Å². The fourth-order valence-corrected chi connectivity index (χ4v) is 4.68. The van der Waals surface area contributed by atoms with Gasteiger partial charge in [0.2, 0.25) is 10.0 Å². The van der Waals surface area contributed by atoms with E-state index in [0.29, 0.717) is 25.6 Å². The van der Waals surface area contributed by atoms with Crippen LogP contribution in [-0.4, -0.2) is 66.4 Å². The number of aromatic carboxylic acids is 1. The second kappa shape index (κ2) is 6.94. The van der Waals surface area contributed by atoms with Crippen LogP contribution in [0, 0.1) is 5.92 Å². The molecule has 0 aromatic carbocycles. The van der Waals surface area contributed by atoms with E-state index in [9.17, 15) is 18.3 Å². The predicted molar refractivity (Wildman–Crippen MR) is 85.8 cm³/mol. The Morgan fingerprint density at radius 1 is 1.43 bits per heavy atom. The van der Waals surface area contributed by atoms with Gasteiger partial charge >= 0.3 is 5.97 Å². The maximum Gasteiger partial charge on any atom is 0.337 e. The topological polar surface area (TPSA) is 90.8 Å². The summed E-state index contributed by atoms with van der Waals surface area (Å²) in [7, 11) is -1.93. The maximum absolute atomic E-state index is 13.0. The average molecular weight is 341 g/mol. The zero-order valence-electron chi connectivity index (χ0n) is 13.6. The molecule has 23 heavy (non-hydrogen) atoms.